The monoisotopic (exact) mass is 266 g/mol. The molecule has 2 nitrogen and oxygen atoms in total. The van der Waals surface area contributed by atoms with Crippen molar-refractivity contribution >= 4 is 5.97 Å². The largest absolute Gasteiger partial charge is 0.463 e. The Morgan fingerprint density at radius 3 is 2.21 bits per heavy atom. The van der Waals surface area contributed by atoms with Gasteiger partial charge in [-0.1, -0.05) is 70.8 Å². The highest BCUT2D eigenvalue weighted by Gasteiger charge is 2.02. The average Bonchev–Trinajstić information content (AvgIpc) is 2.39. The summed E-state index contributed by atoms with van der Waals surface area (Å²) in [5.41, 5.74) is 0. The summed E-state index contributed by atoms with van der Waals surface area (Å²) in [6.07, 6.45) is 17.5. The van der Waals surface area contributed by atoms with Gasteiger partial charge in [0.05, 0.1) is 6.61 Å². The number of esters is 1. The van der Waals surface area contributed by atoms with E-state index in [0.717, 1.165) is 12.8 Å². The van der Waals surface area contributed by atoms with Crippen molar-refractivity contribution in [3.8, 4) is 0 Å². The van der Waals surface area contributed by atoms with Gasteiger partial charge in [0.1, 0.15) is 0 Å². The van der Waals surface area contributed by atoms with Crippen molar-refractivity contribution in [1.29, 1.82) is 0 Å². The van der Waals surface area contributed by atoms with Crippen molar-refractivity contribution in [3.63, 3.8) is 0 Å². The highest BCUT2D eigenvalue weighted by molar-refractivity contribution is 5.81. The minimum Gasteiger partial charge on any atom is -0.463 e. The molecule has 1 unspecified atom stereocenters. The molecule has 0 aromatic rings. The van der Waals surface area contributed by atoms with Gasteiger partial charge in [-0.05, 0) is 18.8 Å². The lowest BCUT2D eigenvalue weighted by Crippen LogP contribution is -2.02. The number of ether oxygens (including phenoxy) is 1. The minimum absolute atomic E-state index is 0.170. The Morgan fingerprint density at radius 2 is 1.53 bits per heavy atom. The number of allylic oxidation sites excluding steroid dienone is 1. The van der Waals surface area contributed by atoms with Gasteiger partial charge in [0.25, 0.3) is 0 Å². The molecule has 2 heteroatoms. The van der Waals surface area contributed by atoms with Gasteiger partial charge in [0.15, 0.2) is 0 Å². The summed E-state index contributed by atoms with van der Waals surface area (Å²) in [5, 5.41) is 0. The third-order valence-electron chi connectivity index (χ3n) is 3.88. The van der Waals surface area contributed by atoms with Crippen molar-refractivity contribution < 1.29 is 9.53 Å². The molecule has 1 aliphatic rings. The van der Waals surface area contributed by atoms with E-state index in [1.165, 1.54) is 57.8 Å². The second kappa shape index (κ2) is 11.1. The quantitative estimate of drug-likeness (QED) is 0.575. The lowest BCUT2D eigenvalue weighted by atomic mass is 9.98. The second-order valence-electron chi connectivity index (χ2n) is 5.88. The minimum atomic E-state index is -0.170. The molecule has 0 aromatic carbocycles. The molecule has 0 radical (unpaired) electrons. The maximum atomic E-state index is 11.4. The van der Waals surface area contributed by atoms with Crippen LogP contribution >= 0.6 is 0 Å². The number of cyclic esters (lactones) is 1. The standard InChI is InChI=1S/C17H30O2/c1-16-12-9-7-5-3-2-4-6-8-10-15-19-17(18)14-11-13-16/h11,14,16H,2-10,12-13,15H2,1H3. The zero-order chi connectivity index (χ0) is 13.8. The number of hydrogen-bond donors (Lipinski definition) is 0. The summed E-state index contributed by atoms with van der Waals surface area (Å²) < 4.78 is 5.18. The van der Waals surface area contributed by atoms with Crippen LogP contribution in [0.25, 0.3) is 0 Å². The number of rotatable bonds is 0. The van der Waals surface area contributed by atoms with Gasteiger partial charge in [-0.15, -0.1) is 0 Å². The van der Waals surface area contributed by atoms with Gasteiger partial charge in [-0.2, -0.15) is 0 Å². The maximum Gasteiger partial charge on any atom is 0.330 e. The lowest BCUT2D eigenvalue weighted by molar-refractivity contribution is -0.137. The van der Waals surface area contributed by atoms with Crippen LogP contribution in [-0.4, -0.2) is 12.6 Å². The van der Waals surface area contributed by atoms with Crippen LogP contribution in [0.3, 0.4) is 0 Å². The summed E-state index contributed by atoms with van der Waals surface area (Å²) in [7, 11) is 0. The highest BCUT2D eigenvalue weighted by atomic mass is 16.5. The molecule has 0 aliphatic carbocycles. The molecule has 19 heavy (non-hydrogen) atoms. The molecule has 110 valence electrons. The first kappa shape index (κ1) is 16.3. The fourth-order valence-electron chi connectivity index (χ4n) is 2.57. The Kier molecular flexibility index (Phi) is 9.48. The molecule has 1 atom stereocenters. The van der Waals surface area contributed by atoms with Gasteiger partial charge < -0.3 is 4.74 Å². The highest BCUT2D eigenvalue weighted by Crippen LogP contribution is 2.16. The van der Waals surface area contributed by atoms with Crippen LogP contribution in [0.4, 0.5) is 0 Å². The van der Waals surface area contributed by atoms with E-state index in [2.05, 4.69) is 6.92 Å². The van der Waals surface area contributed by atoms with Crippen molar-refractivity contribution in [2.24, 2.45) is 5.92 Å². The summed E-state index contributed by atoms with van der Waals surface area (Å²) in [5.74, 6) is 0.510. The number of carbonyl (C=O) groups excluding carboxylic acids is 1. The molecule has 1 heterocycles. The van der Waals surface area contributed by atoms with E-state index in [-0.39, 0.29) is 5.97 Å². The molecular formula is C17H30O2. The van der Waals surface area contributed by atoms with Crippen molar-refractivity contribution in [3.05, 3.63) is 12.2 Å². The molecule has 0 saturated heterocycles. The number of carbonyl (C=O) groups is 1. The third kappa shape index (κ3) is 9.75. The lowest BCUT2D eigenvalue weighted by Gasteiger charge is -2.08. The van der Waals surface area contributed by atoms with E-state index in [4.69, 9.17) is 4.74 Å². The van der Waals surface area contributed by atoms with Gasteiger partial charge in [0.2, 0.25) is 0 Å². The van der Waals surface area contributed by atoms with Crippen LogP contribution in [0.15, 0.2) is 12.2 Å². The van der Waals surface area contributed by atoms with Crippen LogP contribution in [-0.2, 0) is 9.53 Å². The van der Waals surface area contributed by atoms with E-state index >= 15 is 0 Å². The van der Waals surface area contributed by atoms with Gasteiger partial charge in [0, 0.05) is 6.08 Å². The topological polar surface area (TPSA) is 26.3 Å². The SMILES string of the molecule is CC1CC=CC(=O)OCCCCCCCCCCC1. The van der Waals surface area contributed by atoms with Crippen LogP contribution in [0.2, 0.25) is 0 Å². The summed E-state index contributed by atoms with van der Waals surface area (Å²) >= 11 is 0. The van der Waals surface area contributed by atoms with Crippen molar-refractivity contribution in [1.82, 2.24) is 0 Å². The third-order valence-corrected chi connectivity index (χ3v) is 3.88. The Labute approximate surface area is 118 Å². The molecule has 0 amide bonds. The van der Waals surface area contributed by atoms with Crippen LogP contribution in [0, 0.1) is 5.92 Å². The summed E-state index contributed by atoms with van der Waals surface area (Å²) in [6, 6.07) is 0. The second-order valence-corrected chi connectivity index (χ2v) is 5.88. The molecule has 0 N–H and O–H groups in total. The fraction of sp³-hybridized carbons (Fsp3) is 0.824. The zero-order valence-electron chi connectivity index (χ0n) is 12.5. The Hall–Kier alpha value is -0.790. The van der Waals surface area contributed by atoms with E-state index in [9.17, 15) is 4.79 Å². The number of hydrogen-bond acceptors (Lipinski definition) is 2. The smallest absolute Gasteiger partial charge is 0.330 e. The zero-order valence-corrected chi connectivity index (χ0v) is 12.5. The predicted molar refractivity (Wildman–Crippen MR) is 80.1 cm³/mol. The molecule has 0 bridgehead atoms. The van der Waals surface area contributed by atoms with Crippen molar-refractivity contribution in [2.75, 3.05) is 6.61 Å². The first-order valence-electron chi connectivity index (χ1n) is 8.12. The summed E-state index contributed by atoms with van der Waals surface area (Å²) in [4.78, 5) is 11.4. The van der Waals surface area contributed by atoms with Crippen molar-refractivity contribution in [2.45, 2.75) is 77.6 Å². The van der Waals surface area contributed by atoms with Gasteiger partial charge in [-0.3, -0.25) is 0 Å². The van der Waals surface area contributed by atoms with Crippen LogP contribution in [0.5, 0.6) is 0 Å². The molecule has 0 aromatic heterocycles. The molecule has 0 spiro atoms. The normalized spacial score (nSPS) is 25.5. The molecule has 1 rings (SSSR count). The van der Waals surface area contributed by atoms with E-state index in [1.54, 1.807) is 6.08 Å². The Balaban J connectivity index is 2.28. The summed E-state index contributed by atoms with van der Waals surface area (Å²) in [6.45, 7) is 2.85. The average molecular weight is 266 g/mol. The van der Waals surface area contributed by atoms with Gasteiger partial charge in [-0.25, -0.2) is 4.79 Å². The maximum absolute atomic E-state index is 11.4. The molecular weight excluding hydrogens is 236 g/mol. The van der Waals surface area contributed by atoms with E-state index < -0.39 is 0 Å². The predicted octanol–water partition coefficient (Wildman–Crippen LogP) is 5.03. The molecule has 0 saturated carbocycles. The Morgan fingerprint density at radius 1 is 0.947 bits per heavy atom. The van der Waals surface area contributed by atoms with Gasteiger partial charge >= 0.3 is 5.97 Å². The van der Waals surface area contributed by atoms with Crippen LogP contribution < -0.4 is 0 Å². The molecule has 0 fully saturated rings. The first-order chi connectivity index (χ1) is 9.29. The van der Waals surface area contributed by atoms with E-state index in [0.29, 0.717) is 12.5 Å². The van der Waals surface area contributed by atoms with E-state index in [1.807, 2.05) is 6.08 Å². The molecule has 1 aliphatic heterocycles. The Bertz CT molecular complexity index is 258. The van der Waals surface area contributed by atoms with Crippen LogP contribution in [0.1, 0.15) is 77.6 Å². The first-order valence-corrected chi connectivity index (χ1v) is 8.12. The fourth-order valence-corrected chi connectivity index (χ4v) is 2.57.